The predicted octanol–water partition coefficient (Wildman–Crippen LogP) is 0.998. The molecule has 0 aliphatic rings. The Labute approximate surface area is 80.1 Å². The van der Waals surface area contributed by atoms with Crippen LogP contribution in [0.3, 0.4) is 0 Å². The number of aromatic nitrogens is 1. The summed E-state index contributed by atoms with van der Waals surface area (Å²) in [7, 11) is -4.45. The molecule has 5 nitrogen and oxygen atoms in total. The normalized spacial score (nSPS) is 12.1. The third-order valence-electron chi connectivity index (χ3n) is 1.88. The summed E-state index contributed by atoms with van der Waals surface area (Å²) in [6.07, 6.45) is 0. The number of benzene rings is 1. The fourth-order valence-corrected chi connectivity index (χ4v) is 2.06. The molecule has 0 amide bonds. The van der Waals surface area contributed by atoms with Gasteiger partial charge in [0, 0.05) is 11.5 Å². The lowest BCUT2D eigenvalue weighted by molar-refractivity contribution is 0.428. The van der Waals surface area contributed by atoms with E-state index in [-0.39, 0.29) is 5.52 Å². The largest absolute Gasteiger partial charge is 0.494 e. The third kappa shape index (κ3) is 1.24. The number of hydrogen-bond donors (Lipinski definition) is 2. The fourth-order valence-electron chi connectivity index (χ4n) is 1.36. The van der Waals surface area contributed by atoms with Crippen LogP contribution in [0.1, 0.15) is 0 Å². The third-order valence-corrected chi connectivity index (χ3v) is 2.72. The van der Waals surface area contributed by atoms with E-state index in [0.29, 0.717) is 9.36 Å². The Morgan fingerprint density at radius 1 is 1.21 bits per heavy atom. The van der Waals surface area contributed by atoms with Crippen molar-refractivity contribution in [3.05, 3.63) is 30.3 Å². The predicted molar refractivity (Wildman–Crippen MR) is 50.5 cm³/mol. The van der Waals surface area contributed by atoms with Crippen LogP contribution in [0, 0.1) is 0 Å². The quantitative estimate of drug-likeness (QED) is 0.692. The minimum absolute atomic E-state index is 0.243. The molecule has 0 unspecified atom stereocenters. The van der Waals surface area contributed by atoms with Crippen molar-refractivity contribution < 1.29 is 18.1 Å². The molecule has 2 rings (SSSR count). The monoisotopic (exact) mass is 213 g/mol. The molecule has 1 aromatic carbocycles. The van der Waals surface area contributed by atoms with Crippen LogP contribution in [0.15, 0.2) is 30.3 Å². The highest BCUT2D eigenvalue weighted by atomic mass is 32.2. The Morgan fingerprint density at radius 3 is 2.50 bits per heavy atom. The van der Waals surface area contributed by atoms with Crippen molar-refractivity contribution in [1.82, 2.24) is 3.97 Å². The molecule has 2 N–H and O–H groups in total. The van der Waals surface area contributed by atoms with Gasteiger partial charge in [-0.1, -0.05) is 18.2 Å². The average molecular weight is 213 g/mol. The Bertz CT molecular complexity index is 584. The minimum Gasteiger partial charge on any atom is -0.494 e. The number of hydrogen-bond acceptors (Lipinski definition) is 3. The van der Waals surface area contributed by atoms with Gasteiger partial charge in [0.2, 0.25) is 5.88 Å². The van der Waals surface area contributed by atoms with Gasteiger partial charge in [-0.25, -0.2) is 0 Å². The van der Waals surface area contributed by atoms with Crippen LogP contribution in [0.25, 0.3) is 10.9 Å². The van der Waals surface area contributed by atoms with E-state index in [4.69, 9.17) is 4.55 Å². The van der Waals surface area contributed by atoms with Crippen LogP contribution in [-0.4, -0.2) is 22.0 Å². The molecule has 1 heterocycles. The molecule has 0 fully saturated rings. The molecule has 0 bridgehead atoms. The van der Waals surface area contributed by atoms with Gasteiger partial charge in [-0.3, -0.25) is 4.55 Å². The van der Waals surface area contributed by atoms with E-state index in [1.165, 1.54) is 12.1 Å². The number of fused-ring (bicyclic) bond motifs is 1. The number of rotatable bonds is 1. The molecule has 1 aromatic heterocycles. The Balaban J connectivity index is 2.95. The summed E-state index contributed by atoms with van der Waals surface area (Å²) in [6, 6.07) is 7.71. The first-order valence-corrected chi connectivity index (χ1v) is 5.17. The van der Waals surface area contributed by atoms with Crippen LogP contribution >= 0.6 is 0 Å². The molecule has 0 atom stereocenters. The van der Waals surface area contributed by atoms with Crippen LogP contribution in [0.5, 0.6) is 5.88 Å². The highest BCUT2D eigenvalue weighted by Crippen LogP contribution is 2.25. The van der Waals surface area contributed by atoms with E-state index in [1.807, 2.05) is 0 Å². The van der Waals surface area contributed by atoms with Crippen molar-refractivity contribution in [2.75, 3.05) is 0 Å². The maximum atomic E-state index is 10.9. The topological polar surface area (TPSA) is 79.5 Å². The Hall–Kier alpha value is -1.53. The van der Waals surface area contributed by atoms with Crippen molar-refractivity contribution in [3.8, 4) is 5.88 Å². The molecule has 0 spiro atoms. The zero-order chi connectivity index (χ0) is 10.3. The van der Waals surface area contributed by atoms with Crippen LogP contribution in [-0.2, 0) is 10.3 Å². The molecule has 0 saturated carbocycles. The van der Waals surface area contributed by atoms with Gasteiger partial charge in [-0.05, 0) is 6.07 Å². The first-order valence-electron chi connectivity index (χ1n) is 3.77. The maximum Gasteiger partial charge on any atom is 0.366 e. The molecular weight excluding hydrogens is 206 g/mol. The standard InChI is InChI=1S/C8H7NO4S/c10-8-5-6-3-1-2-4-7(6)9(8)14(11,12)13/h1-5,10H,(H,11,12,13). The van der Waals surface area contributed by atoms with Crippen LogP contribution in [0.2, 0.25) is 0 Å². The van der Waals surface area contributed by atoms with Crippen LogP contribution < -0.4 is 0 Å². The van der Waals surface area contributed by atoms with Gasteiger partial charge in [0.15, 0.2) is 0 Å². The average Bonchev–Trinajstić information content (AvgIpc) is 2.38. The molecule has 0 aliphatic carbocycles. The lowest BCUT2D eigenvalue weighted by Crippen LogP contribution is -2.09. The lowest BCUT2D eigenvalue weighted by atomic mass is 10.3. The highest BCUT2D eigenvalue weighted by molar-refractivity contribution is 7.84. The Kier molecular flexibility index (Phi) is 1.76. The highest BCUT2D eigenvalue weighted by Gasteiger charge is 2.16. The van der Waals surface area contributed by atoms with E-state index < -0.39 is 16.2 Å². The van der Waals surface area contributed by atoms with E-state index in [9.17, 15) is 13.5 Å². The lowest BCUT2D eigenvalue weighted by Gasteiger charge is -2.00. The van der Waals surface area contributed by atoms with E-state index >= 15 is 0 Å². The summed E-state index contributed by atoms with van der Waals surface area (Å²) in [6.45, 7) is 0. The molecule has 6 heteroatoms. The zero-order valence-corrected chi connectivity index (χ0v) is 7.77. The summed E-state index contributed by atoms with van der Waals surface area (Å²) in [5, 5.41) is 9.84. The Morgan fingerprint density at radius 2 is 1.86 bits per heavy atom. The fraction of sp³-hybridized carbons (Fsp3) is 0. The molecule has 2 aromatic rings. The van der Waals surface area contributed by atoms with Crippen LogP contribution in [0.4, 0.5) is 0 Å². The number of aromatic hydroxyl groups is 1. The molecule has 74 valence electrons. The van der Waals surface area contributed by atoms with E-state index in [1.54, 1.807) is 18.2 Å². The van der Waals surface area contributed by atoms with E-state index in [0.717, 1.165) is 0 Å². The van der Waals surface area contributed by atoms with Gasteiger partial charge >= 0.3 is 10.3 Å². The molecule has 0 aliphatic heterocycles. The summed E-state index contributed by atoms with van der Waals surface area (Å²) >= 11 is 0. The van der Waals surface area contributed by atoms with Crippen molar-refractivity contribution in [1.29, 1.82) is 0 Å². The second-order valence-corrected chi connectivity index (χ2v) is 4.06. The minimum atomic E-state index is -4.45. The molecular formula is C8H7NO4S. The molecule has 0 radical (unpaired) electrons. The van der Waals surface area contributed by atoms with Gasteiger partial charge in [0.1, 0.15) is 0 Å². The number of para-hydroxylation sites is 1. The first-order chi connectivity index (χ1) is 6.50. The molecule has 14 heavy (non-hydrogen) atoms. The number of nitrogens with zero attached hydrogens (tertiary/aromatic N) is 1. The van der Waals surface area contributed by atoms with Crippen molar-refractivity contribution in [3.63, 3.8) is 0 Å². The van der Waals surface area contributed by atoms with Gasteiger partial charge < -0.3 is 5.11 Å². The van der Waals surface area contributed by atoms with Crippen molar-refractivity contribution in [2.24, 2.45) is 0 Å². The van der Waals surface area contributed by atoms with Crippen molar-refractivity contribution in [2.45, 2.75) is 0 Å². The first kappa shape index (κ1) is 9.04. The van der Waals surface area contributed by atoms with Gasteiger partial charge in [0.05, 0.1) is 5.52 Å². The van der Waals surface area contributed by atoms with Gasteiger partial charge in [-0.15, -0.1) is 0 Å². The second-order valence-electron chi connectivity index (χ2n) is 2.80. The van der Waals surface area contributed by atoms with Gasteiger partial charge in [0.25, 0.3) is 0 Å². The molecule has 0 saturated heterocycles. The summed E-state index contributed by atoms with van der Waals surface area (Å²) < 4.78 is 31.1. The van der Waals surface area contributed by atoms with Crippen molar-refractivity contribution >= 4 is 21.2 Å². The SMILES string of the molecule is O=S(=O)(O)n1c(O)cc2ccccc21. The second kappa shape index (κ2) is 2.73. The zero-order valence-electron chi connectivity index (χ0n) is 6.95. The summed E-state index contributed by atoms with van der Waals surface area (Å²) in [4.78, 5) is 0. The summed E-state index contributed by atoms with van der Waals surface area (Å²) in [5.74, 6) is -0.506. The maximum absolute atomic E-state index is 10.9. The smallest absolute Gasteiger partial charge is 0.366 e. The van der Waals surface area contributed by atoms with Gasteiger partial charge in [-0.2, -0.15) is 12.4 Å². The van der Waals surface area contributed by atoms with E-state index in [2.05, 4.69) is 0 Å². The summed E-state index contributed by atoms with van der Waals surface area (Å²) in [5.41, 5.74) is 0.243.